The van der Waals surface area contributed by atoms with Crippen LogP contribution in [0.15, 0.2) is 0 Å². The van der Waals surface area contributed by atoms with Gasteiger partial charge in [-0.05, 0) is 32.1 Å². The molecule has 2 amide bonds. The zero-order valence-corrected chi connectivity index (χ0v) is 15.1. The normalized spacial score (nSPS) is 29.0. The maximum atomic E-state index is 13.1. The third kappa shape index (κ3) is 3.59. The van der Waals surface area contributed by atoms with E-state index in [4.69, 9.17) is 0 Å². The van der Waals surface area contributed by atoms with Crippen molar-refractivity contribution >= 4 is 21.8 Å². The summed E-state index contributed by atoms with van der Waals surface area (Å²) in [7, 11) is -3.39. The van der Waals surface area contributed by atoms with E-state index in [2.05, 4.69) is 9.62 Å². The number of hydrogen-bond acceptors (Lipinski definition) is 4. The molecular formula is C16H27N3O4S. The van der Waals surface area contributed by atoms with Gasteiger partial charge in [0.1, 0.15) is 0 Å². The number of hydrogen-bond donors (Lipinski definition) is 1. The van der Waals surface area contributed by atoms with Gasteiger partial charge in [0, 0.05) is 25.7 Å². The second-order valence-electron chi connectivity index (χ2n) is 7.48. The van der Waals surface area contributed by atoms with Crippen LogP contribution in [-0.4, -0.2) is 68.5 Å². The first-order valence-corrected chi connectivity index (χ1v) is 10.7. The molecular weight excluding hydrogens is 330 g/mol. The minimum absolute atomic E-state index is 0.215. The predicted octanol–water partition coefficient (Wildman–Crippen LogP) is 0.319. The van der Waals surface area contributed by atoms with Crippen molar-refractivity contribution in [2.24, 2.45) is 5.41 Å². The number of sulfonamides is 1. The molecule has 0 bridgehead atoms. The average molecular weight is 357 g/mol. The van der Waals surface area contributed by atoms with Crippen LogP contribution in [0.4, 0.5) is 0 Å². The summed E-state index contributed by atoms with van der Waals surface area (Å²) in [6.45, 7) is 1.58. The van der Waals surface area contributed by atoms with Crippen LogP contribution < -0.4 is 4.72 Å². The van der Waals surface area contributed by atoms with Crippen LogP contribution in [0.5, 0.6) is 0 Å². The maximum absolute atomic E-state index is 13.1. The van der Waals surface area contributed by atoms with E-state index >= 15 is 0 Å². The van der Waals surface area contributed by atoms with Gasteiger partial charge < -0.3 is 9.80 Å². The molecule has 136 valence electrons. The molecule has 1 spiro atoms. The summed E-state index contributed by atoms with van der Waals surface area (Å²) in [6.07, 6.45) is 8.15. The van der Waals surface area contributed by atoms with Crippen LogP contribution in [0.2, 0.25) is 0 Å². The van der Waals surface area contributed by atoms with Crippen LogP contribution in [-0.2, 0) is 19.6 Å². The van der Waals surface area contributed by atoms with Crippen molar-refractivity contribution in [3.05, 3.63) is 0 Å². The van der Waals surface area contributed by atoms with E-state index in [9.17, 15) is 18.0 Å². The summed E-state index contributed by atoms with van der Waals surface area (Å²) >= 11 is 0. The van der Waals surface area contributed by atoms with Crippen LogP contribution >= 0.6 is 0 Å². The molecule has 3 aliphatic rings. The largest absolute Gasteiger partial charge is 0.340 e. The number of nitrogens with zero attached hydrogens (tertiary/aromatic N) is 2. The highest BCUT2D eigenvalue weighted by atomic mass is 32.2. The van der Waals surface area contributed by atoms with Crippen molar-refractivity contribution in [1.82, 2.24) is 14.5 Å². The maximum Gasteiger partial charge on any atom is 0.237 e. The van der Waals surface area contributed by atoms with Gasteiger partial charge in [0.2, 0.25) is 21.8 Å². The fourth-order valence-corrected chi connectivity index (χ4v) is 4.82. The minimum atomic E-state index is -3.39. The van der Waals surface area contributed by atoms with Gasteiger partial charge in [-0.3, -0.25) is 9.59 Å². The predicted molar refractivity (Wildman–Crippen MR) is 89.7 cm³/mol. The molecule has 1 saturated carbocycles. The minimum Gasteiger partial charge on any atom is -0.340 e. The van der Waals surface area contributed by atoms with E-state index in [0.717, 1.165) is 38.5 Å². The van der Waals surface area contributed by atoms with Crippen LogP contribution in [0.1, 0.15) is 44.9 Å². The Morgan fingerprint density at radius 1 is 1.21 bits per heavy atom. The van der Waals surface area contributed by atoms with Crippen LogP contribution in [0, 0.1) is 5.41 Å². The highest BCUT2D eigenvalue weighted by molar-refractivity contribution is 7.88. The molecule has 2 heterocycles. The molecule has 2 saturated heterocycles. The van der Waals surface area contributed by atoms with E-state index < -0.39 is 15.4 Å². The molecule has 1 N–H and O–H groups in total. The number of likely N-dealkylation sites (tertiary alicyclic amines) is 2. The smallest absolute Gasteiger partial charge is 0.237 e. The van der Waals surface area contributed by atoms with Gasteiger partial charge in [-0.15, -0.1) is 0 Å². The Labute approximate surface area is 143 Å². The lowest BCUT2D eigenvalue weighted by Gasteiger charge is -2.42. The Kier molecular flexibility index (Phi) is 4.88. The molecule has 0 aromatic heterocycles. The number of carbonyl (C=O) groups is 2. The number of carbonyl (C=O) groups excluding carboxylic acids is 2. The number of piperidine rings is 1. The SMILES string of the molecule is CS(=O)(=O)NCC(=O)N1CCC2(CCCN(C3CCCC3)C2=O)C1. The molecule has 24 heavy (non-hydrogen) atoms. The molecule has 0 aromatic carbocycles. The standard InChI is InChI=1S/C16H27N3O4S/c1-24(22,23)17-11-14(20)18-10-8-16(12-18)7-4-9-19(15(16)21)13-5-2-3-6-13/h13,17H,2-12H2,1H3. The van der Waals surface area contributed by atoms with Crippen molar-refractivity contribution in [1.29, 1.82) is 0 Å². The van der Waals surface area contributed by atoms with Crippen molar-refractivity contribution < 1.29 is 18.0 Å². The van der Waals surface area contributed by atoms with E-state index in [1.54, 1.807) is 4.90 Å². The number of amides is 2. The average Bonchev–Trinajstić information content (AvgIpc) is 3.18. The van der Waals surface area contributed by atoms with Crippen molar-refractivity contribution in [3.63, 3.8) is 0 Å². The van der Waals surface area contributed by atoms with E-state index in [1.165, 1.54) is 12.8 Å². The Balaban J connectivity index is 1.64. The van der Waals surface area contributed by atoms with Gasteiger partial charge in [-0.25, -0.2) is 13.1 Å². The highest BCUT2D eigenvalue weighted by Gasteiger charge is 2.50. The van der Waals surface area contributed by atoms with E-state index in [-0.39, 0.29) is 18.4 Å². The third-order valence-electron chi connectivity index (χ3n) is 5.73. The number of nitrogens with one attached hydrogen (secondary N) is 1. The van der Waals surface area contributed by atoms with Crippen molar-refractivity contribution in [2.45, 2.75) is 51.0 Å². The Morgan fingerprint density at radius 3 is 2.58 bits per heavy atom. The quantitative estimate of drug-likeness (QED) is 0.785. The summed E-state index contributed by atoms with van der Waals surface area (Å²) < 4.78 is 24.5. The third-order valence-corrected chi connectivity index (χ3v) is 6.40. The lowest BCUT2D eigenvalue weighted by Crippen LogP contribution is -2.53. The molecule has 2 aliphatic heterocycles. The molecule has 1 aliphatic carbocycles. The van der Waals surface area contributed by atoms with Gasteiger partial charge in [0.05, 0.1) is 18.2 Å². The molecule has 0 radical (unpaired) electrons. The summed E-state index contributed by atoms with van der Waals surface area (Å²) in [5.74, 6) is -0.0323. The molecule has 1 atom stereocenters. The molecule has 8 heteroatoms. The van der Waals surface area contributed by atoms with Gasteiger partial charge in [0.15, 0.2) is 0 Å². The molecule has 7 nitrogen and oxygen atoms in total. The van der Waals surface area contributed by atoms with Gasteiger partial charge in [0.25, 0.3) is 0 Å². The second-order valence-corrected chi connectivity index (χ2v) is 9.31. The van der Waals surface area contributed by atoms with Gasteiger partial charge in [-0.1, -0.05) is 12.8 Å². The lowest BCUT2D eigenvalue weighted by molar-refractivity contribution is -0.148. The highest BCUT2D eigenvalue weighted by Crippen LogP contribution is 2.42. The number of rotatable bonds is 4. The van der Waals surface area contributed by atoms with E-state index in [0.29, 0.717) is 25.6 Å². The Morgan fingerprint density at radius 2 is 1.92 bits per heavy atom. The lowest BCUT2D eigenvalue weighted by atomic mass is 9.77. The molecule has 0 aromatic rings. The zero-order chi connectivity index (χ0) is 17.4. The summed E-state index contributed by atoms with van der Waals surface area (Å²) in [5, 5.41) is 0. The Bertz CT molecular complexity index is 615. The molecule has 3 rings (SSSR count). The monoisotopic (exact) mass is 357 g/mol. The first-order chi connectivity index (χ1) is 11.3. The van der Waals surface area contributed by atoms with Gasteiger partial charge in [-0.2, -0.15) is 0 Å². The second kappa shape index (κ2) is 6.63. The Hall–Kier alpha value is -1.15. The molecule has 1 unspecified atom stereocenters. The fourth-order valence-electron chi connectivity index (χ4n) is 4.43. The summed E-state index contributed by atoms with van der Waals surface area (Å²) in [6, 6.07) is 0.381. The molecule has 3 fully saturated rings. The van der Waals surface area contributed by atoms with Gasteiger partial charge >= 0.3 is 0 Å². The fraction of sp³-hybridized carbons (Fsp3) is 0.875. The zero-order valence-electron chi connectivity index (χ0n) is 14.3. The topological polar surface area (TPSA) is 86.8 Å². The summed E-state index contributed by atoms with van der Waals surface area (Å²) in [4.78, 5) is 29.1. The first-order valence-electron chi connectivity index (χ1n) is 8.84. The van der Waals surface area contributed by atoms with Crippen LogP contribution in [0.25, 0.3) is 0 Å². The first kappa shape index (κ1) is 17.7. The summed E-state index contributed by atoms with van der Waals surface area (Å²) in [5.41, 5.74) is -0.443. The van der Waals surface area contributed by atoms with Crippen molar-refractivity contribution in [3.8, 4) is 0 Å². The van der Waals surface area contributed by atoms with Crippen LogP contribution in [0.3, 0.4) is 0 Å². The van der Waals surface area contributed by atoms with Crippen molar-refractivity contribution in [2.75, 3.05) is 32.4 Å². The van der Waals surface area contributed by atoms with E-state index in [1.807, 2.05) is 0 Å².